The molecule has 0 aromatic heterocycles. The first-order valence-corrected chi connectivity index (χ1v) is 42.0. The zero-order valence-electron chi connectivity index (χ0n) is 14.7. The van der Waals surface area contributed by atoms with Gasteiger partial charge in [-0.25, -0.2) is 0 Å². The summed E-state index contributed by atoms with van der Waals surface area (Å²) >= 11 is -4.27. The Labute approximate surface area is 174 Å². The summed E-state index contributed by atoms with van der Waals surface area (Å²) < 4.78 is 7.61. The van der Waals surface area contributed by atoms with E-state index in [9.17, 15) is 9.59 Å². The molecule has 0 spiro atoms. The summed E-state index contributed by atoms with van der Waals surface area (Å²) in [6.45, 7) is 3.17. The number of carbonyl (C=O) groups excluding carboxylic acids is 2. The Morgan fingerprint density at radius 3 is 2.28 bits per heavy atom. The first-order chi connectivity index (χ1) is 11.4. The molecule has 1 fully saturated rings. The number of amides is 2. The van der Waals surface area contributed by atoms with Crippen molar-refractivity contribution < 1.29 is 75.4 Å². The fraction of sp³-hybridized carbons (Fsp3) is 0.385. The van der Waals surface area contributed by atoms with Gasteiger partial charge in [0.2, 0.25) is 0 Å². The second-order valence-electron chi connectivity index (χ2n) is 6.77. The van der Waals surface area contributed by atoms with Crippen LogP contribution >= 0.6 is 18.6 Å². The summed E-state index contributed by atoms with van der Waals surface area (Å²) in [6.07, 6.45) is 0. The topological polar surface area (TPSA) is 58.2 Å². The Balaban J connectivity index is 2.49. The monoisotopic (exact) mass is 595 g/mol. The van der Waals surface area contributed by atoms with Gasteiger partial charge in [-0.3, -0.25) is 0 Å². The van der Waals surface area contributed by atoms with Crippen molar-refractivity contribution in [2.24, 2.45) is 0 Å². The number of hydrogen-bond acceptors (Lipinski definition) is 2. The van der Waals surface area contributed by atoms with Crippen molar-refractivity contribution in [1.82, 2.24) is 7.60 Å². The van der Waals surface area contributed by atoms with Gasteiger partial charge in [0, 0.05) is 0 Å². The van der Waals surface area contributed by atoms with Crippen molar-refractivity contribution in [3.63, 3.8) is 0 Å². The maximum absolute atomic E-state index is 12.0. The summed E-state index contributed by atoms with van der Waals surface area (Å²) in [5.41, 5.74) is 1.28. The predicted octanol–water partition coefficient (Wildman–Crippen LogP) is 3.44. The van der Waals surface area contributed by atoms with Gasteiger partial charge in [0.25, 0.3) is 0 Å². The Kier molecular flexibility index (Phi) is 9.18. The Morgan fingerprint density at radius 1 is 1.16 bits per heavy atom. The molecule has 1 aromatic rings. The third-order valence-corrected chi connectivity index (χ3v) is 234. The SMILES string of the molecule is CC(=O)[NH][Ti]1[Ti][Ti]([CH3])([CH3])[Ti][Ti]([Cl])([Cl])([NH]C(C)=O)[Ti]1[CH2]c1ccccc1. The van der Waals surface area contributed by atoms with Crippen molar-refractivity contribution >= 4 is 30.4 Å². The summed E-state index contributed by atoms with van der Waals surface area (Å²) in [5.74, 6) is 0.0198. The molecule has 2 rings (SSSR count). The molecule has 1 aliphatic heterocycles. The van der Waals surface area contributed by atoms with Crippen LogP contribution in [0.5, 0.6) is 0 Å². The van der Waals surface area contributed by atoms with Crippen LogP contribution in [-0.2, 0) is 80.2 Å². The van der Waals surface area contributed by atoms with Gasteiger partial charge in [-0.1, -0.05) is 0 Å². The zero-order valence-corrected chi connectivity index (χ0v) is 25.5. The van der Waals surface area contributed by atoms with Gasteiger partial charge in [-0.15, -0.1) is 0 Å². The number of nitrogens with one attached hydrogen (secondary N) is 2. The van der Waals surface area contributed by atoms with Crippen LogP contribution < -0.4 is 7.60 Å². The number of rotatable bonds is 4. The Hall–Kier alpha value is 3.03. The molecule has 25 heavy (non-hydrogen) atoms. The summed E-state index contributed by atoms with van der Waals surface area (Å²) in [5, 5.41) is 4.92. The average molecular weight is 595 g/mol. The van der Waals surface area contributed by atoms with Crippen LogP contribution in [0.4, 0.5) is 0 Å². The van der Waals surface area contributed by atoms with Gasteiger partial charge in [0.15, 0.2) is 0 Å². The van der Waals surface area contributed by atoms with E-state index in [1.165, 1.54) is 5.56 Å². The van der Waals surface area contributed by atoms with Crippen LogP contribution in [-0.4, -0.2) is 11.8 Å². The van der Waals surface area contributed by atoms with E-state index in [1.54, 1.807) is 13.8 Å². The average Bonchev–Trinajstić information content (AvgIpc) is 2.40. The minimum atomic E-state index is -3.99. The van der Waals surface area contributed by atoms with E-state index in [-0.39, 0.29) is 24.6 Å². The van der Waals surface area contributed by atoms with Crippen molar-refractivity contribution in [2.45, 2.75) is 29.0 Å². The van der Waals surface area contributed by atoms with E-state index in [2.05, 4.69) is 30.2 Å². The van der Waals surface area contributed by atoms with E-state index >= 15 is 0 Å². The number of hydrogen-bond donors (Lipinski definition) is 2. The normalized spacial score (nSPS) is 21.8. The molecule has 0 atom stereocenters. The van der Waals surface area contributed by atoms with Crippen LogP contribution in [0.2, 0.25) is 10.5 Å². The van der Waals surface area contributed by atoms with Crippen molar-refractivity contribution in [1.29, 1.82) is 0 Å². The van der Waals surface area contributed by atoms with Crippen molar-refractivity contribution in [2.75, 3.05) is 0 Å². The number of carbonyl (C=O) groups is 2. The van der Waals surface area contributed by atoms with Crippen LogP contribution in [0.1, 0.15) is 19.4 Å². The molecule has 1 aromatic carbocycles. The maximum atomic E-state index is 12.0. The fourth-order valence-corrected chi connectivity index (χ4v) is 542. The molecule has 2 N–H and O–H groups in total. The van der Waals surface area contributed by atoms with E-state index in [0.29, 0.717) is 0 Å². The first kappa shape index (κ1) is 24.3. The van der Waals surface area contributed by atoms with Gasteiger partial charge < -0.3 is 0 Å². The van der Waals surface area contributed by atoms with Crippen molar-refractivity contribution in [3.8, 4) is 0 Å². The second kappa shape index (κ2) is 9.44. The van der Waals surface area contributed by atoms with Crippen LogP contribution in [0.25, 0.3) is 0 Å². The molecule has 1 heterocycles. The molecule has 0 aliphatic carbocycles. The standard InChI is InChI=1S/C7H7.2C2H5NO.2CH3.2ClH.6Ti/c1-7-5-3-2-4-6-7;2*1-2(3)4;;;;;;;;;;/h2-6H,1H2;2*1H3,(H2,3,4);2*1H3;2*1H;;;;;;/q;;;;;;;;;;;+1;+3/p-4. The molecule has 0 radical (unpaired) electrons. The molecule has 0 bridgehead atoms. The number of halogens is 2. The van der Waals surface area contributed by atoms with Gasteiger partial charge in [0.1, 0.15) is 0 Å². The first-order valence-electron chi connectivity index (χ1n) is 7.90. The summed E-state index contributed by atoms with van der Waals surface area (Å²) in [7, 11) is 8.89. The third-order valence-electron chi connectivity index (χ3n) is 3.72. The molecule has 0 unspecified atom stereocenters. The molecule has 133 valence electrons. The molecule has 4 nitrogen and oxygen atoms in total. The van der Waals surface area contributed by atoms with Gasteiger partial charge in [-0.05, 0) is 0 Å². The molecule has 0 saturated carbocycles. The van der Waals surface area contributed by atoms with E-state index < -0.39 is 53.1 Å². The fourth-order valence-electron chi connectivity index (χ4n) is 3.00. The predicted molar refractivity (Wildman–Crippen MR) is 81.2 cm³/mol. The minimum absolute atomic E-state index is 0.0655. The molecule has 2 amide bonds. The molecule has 12 heteroatoms. The zero-order chi connectivity index (χ0) is 18.9. The van der Waals surface area contributed by atoms with Gasteiger partial charge in [0.05, 0.1) is 0 Å². The van der Waals surface area contributed by atoms with E-state index in [1.807, 2.05) is 18.2 Å². The van der Waals surface area contributed by atoms with Crippen LogP contribution in [0.15, 0.2) is 30.3 Å². The second-order valence-corrected chi connectivity index (χ2v) is 115. The van der Waals surface area contributed by atoms with Crippen LogP contribution in [0, 0.1) is 0 Å². The van der Waals surface area contributed by atoms with E-state index in [4.69, 9.17) is 18.6 Å². The van der Waals surface area contributed by atoms with Gasteiger partial charge in [-0.2, -0.15) is 0 Å². The Bertz CT molecular complexity index is 676. The number of benzene rings is 1. The summed E-state index contributed by atoms with van der Waals surface area (Å²) in [4.78, 5) is 24.0. The Morgan fingerprint density at radius 2 is 1.76 bits per heavy atom. The van der Waals surface area contributed by atoms with Gasteiger partial charge >= 0.3 is 178 Å². The summed E-state index contributed by atoms with van der Waals surface area (Å²) in [6, 6.07) is 10.4. The molecular weight excluding hydrogens is 574 g/mol. The van der Waals surface area contributed by atoms with Crippen LogP contribution in [0.3, 0.4) is 0 Å². The molecular formula is C13H21Cl2N2O2Ti6. The van der Waals surface area contributed by atoms with E-state index in [0.717, 1.165) is 4.73 Å². The molecule has 1 aliphatic rings. The van der Waals surface area contributed by atoms with Crippen molar-refractivity contribution in [3.05, 3.63) is 35.9 Å². The quantitative estimate of drug-likeness (QED) is 0.525. The molecule has 1 saturated heterocycles. The third kappa shape index (κ3) is 7.04.